The van der Waals surface area contributed by atoms with Gasteiger partial charge in [-0.1, -0.05) is 78.9 Å². The molecule has 0 saturated carbocycles. The highest BCUT2D eigenvalue weighted by Gasteiger charge is 2.23. The van der Waals surface area contributed by atoms with E-state index < -0.39 is 0 Å². The molecule has 6 heteroatoms. The highest BCUT2D eigenvalue weighted by Crippen LogP contribution is 2.46. The van der Waals surface area contributed by atoms with Gasteiger partial charge in [0.15, 0.2) is 5.58 Å². The molecule has 12 aromatic rings. The van der Waals surface area contributed by atoms with Gasteiger partial charge in [-0.2, -0.15) is 0 Å². The Labute approximate surface area is 313 Å². The van der Waals surface area contributed by atoms with Crippen LogP contribution in [0.4, 0.5) is 17.1 Å². The van der Waals surface area contributed by atoms with Gasteiger partial charge in [-0.25, -0.2) is 4.98 Å². The van der Waals surface area contributed by atoms with Gasteiger partial charge in [0.05, 0.1) is 16.7 Å². The van der Waals surface area contributed by atoms with Crippen molar-refractivity contribution in [2.24, 2.45) is 0 Å². The fraction of sp³-hybridized carbons (Fsp3) is 0. The van der Waals surface area contributed by atoms with Gasteiger partial charge in [-0.3, -0.25) is 0 Å². The van der Waals surface area contributed by atoms with Gasteiger partial charge >= 0.3 is 0 Å². The highest BCUT2D eigenvalue weighted by molar-refractivity contribution is 6.18. The van der Waals surface area contributed by atoms with E-state index in [1.165, 1.54) is 5.39 Å². The van der Waals surface area contributed by atoms with Crippen LogP contribution in [0.3, 0.4) is 0 Å². The van der Waals surface area contributed by atoms with Crippen molar-refractivity contribution in [2.75, 3.05) is 4.90 Å². The second kappa shape index (κ2) is 11.5. The van der Waals surface area contributed by atoms with Crippen molar-refractivity contribution < 1.29 is 13.3 Å². The molecule has 0 unspecified atom stereocenters. The van der Waals surface area contributed by atoms with E-state index in [1.807, 2.05) is 48.5 Å². The lowest BCUT2D eigenvalue weighted by Crippen LogP contribution is -2.10. The van der Waals surface area contributed by atoms with Crippen LogP contribution in [-0.4, -0.2) is 9.55 Å². The molecular weight excluding hydrogens is 679 g/mol. The summed E-state index contributed by atoms with van der Waals surface area (Å²) in [6.07, 6.45) is 0. The Morgan fingerprint density at radius 2 is 1.04 bits per heavy atom. The van der Waals surface area contributed by atoms with Crippen LogP contribution in [0.15, 0.2) is 189 Å². The van der Waals surface area contributed by atoms with E-state index in [0.29, 0.717) is 11.5 Å². The maximum atomic E-state index is 6.48. The summed E-state index contributed by atoms with van der Waals surface area (Å²) in [4.78, 5) is 7.25. The maximum Gasteiger partial charge on any atom is 0.227 e. The molecule has 0 fully saturated rings. The number of oxazole rings is 1. The number of anilines is 3. The molecule has 8 aromatic carbocycles. The summed E-state index contributed by atoms with van der Waals surface area (Å²) in [6.45, 7) is 0. The Hall–Kier alpha value is -7.57. The third kappa shape index (κ3) is 4.52. The largest absolute Gasteiger partial charge is 0.456 e. The number of fused-ring (bicyclic) bond motifs is 10. The second-order valence-electron chi connectivity index (χ2n) is 14.0. The molecule has 4 aromatic heterocycles. The van der Waals surface area contributed by atoms with Crippen molar-refractivity contribution in [3.05, 3.63) is 176 Å². The molecule has 258 valence electrons. The average molecular weight is 708 g/mol. The van der Waals surface area contributed by atoms with Crippen LogP contribution in [-0.2, 0) is 0 Å². The Morgan fingerprint density at radius 3 is 1.84 bits per heavy atom. The molecule has 0 aliphatic heterocycles. The minimum atomic E-state index is 0.587. The van der Waals surface area contributed by atoms with E-state index in [4.69, 9.17) is 18.2 Å². The second-order valence-corrected chi connectivity index (χ2v) is 14.0. The van der Waals surface area contributed by atoms with Gasteiger partial charge in [0.1, 0.15) is 27.8 Å². The minimum absolute atomic E-state index is 0.587. The van der Waals surface area contributed by atoms with Crippen LogP contribution in [0.2, 0.25) is 0 Å². The average Bonchev–Trinajstić information content (AvgIpc) is 4.01. The van der Waals surface area contributed by atoms with Gasteiger partial charge in [0.2, 0.25) is 5.89 Å². The van der Waals surface area contributed by atoms with Crippen LogP contribution >= 0.6 is 0 Å². The molecule has 55 heavy (non-hydrogen) atoms. The van der Waals surface area contributed by atoms with E-state index in [9.17, 15) is 0 Å². The monoisotopic (exact) mass is 707 g/mol. The van der Waals surface area contributed by atoms with Gasteiger partial charge in [0, 0.05) is 61.0 Å². The zero-order chi connectivity index (χ0) is 36.0. The molecule has 12 rings (SSSR count). The van der Waals surface area contributed by atoms with E-state index in [0.717, 1.165) is 94.1 Å². The Balaban J connectivity index is 1.12. The zero-order valence-corrected chi connectivity index (χ0v) is 29.3. The lowest BCUT2D eigenvalue weighted by Gasteiger charge is -2.26. The number of aromatic nitrogens is 2. The fourth-order valence-corrected chi connectivity index (χ4v) is 8.35. The van der Waals surface area contributed by atoms with Gasteiger partial charge < -0.3 is 22.7 Å². The standard InChI is InChI=1S/C49H29N3O3/c1-3-12-30(13-4-1)49-50-39-28-38-37-27-33(23-25-45(37)54-46(38)29-47(39)55-49)51(32-22-24-44-36(26-32)34-16-8-10-21-43(34)53-44)41-19-11-20-42-48(41)35-17-7-9-18-40(35)52(42)31-14-5-2-6-15-31/h1-29H. The predicted molar refractivity (Wildman–Crippen MR) is 223 cm³/mol. The number of nitrogens with zero attached hydrogens (tertiary/aromatic N) is 3. The van der Waals surface area contributed by atoms with Crippen molar-refractivity contribution in [1.29, 1.82) is 0 Å². The molecule has 0 radical (unpaired) electrons. The summed E-state index contributed by atoms with van der Waals surface area (Å²) < 4.78 is 21.3. The van der Waals surface area contributed by atoms with Crippen LogP contribution in [0, 0.1) is 0 Å². The first-order chi connectivity index (χ1) is 27.2. The Kier molecular flexibility index (Phi) is 6.24. The van der Waals surface area contributed by atoms with Gasteiger partial charge in [-0.15, -0.1) is 0 Å². The summed E-state index contributed by atoms with van der Waals surface area (Å²) in [5.41, 5.74) is 12.1. The summed E-state index contributed by atoms with van der Waals surface area (Å²) in [6, 6.07) is 61.0. The molecule has 0 amide bonds. The first-order valence-electron chi connectivity index (χ1n) is 18.4. The van der Waals surface area contributed by atoms with Crippen molar-refractivity contribution in [3.63, 3.8) is 0 Å². The lowest BCUT2D eigenvalue weighted by atomic mass is 10.1. The van der Waals surface area contributed by atoms with Crippen molar-refractivity contribution in [3.8, 4) is 17.1 Å². The molecule has 0 bridgehead atoms. The number of benzene rings is 8. The molecule has 0 atom stereocenters. The number of hydrogen-bond acceptors (Lipinski definition) is 5. The molecular formula is C49H29N3O3. The van der Waals surface area contributed by atoms with Crippen LogP contribution in [0.1, 0.15) is 0 Å². The van der Waals surface area contributed by atoms with Crippen LogP contribution in [0.5, 0.6) is 0 Å². The number of furan rings is 2. The third-order valence-electron chi connectivity index (χ3n) is 10.8. The Bertz CT molecular complexity index is 3440. The van der Waals surface area contributed by atoms with E-state index >= 15 is 0 Å². The van der Waals surface area contributed by atoms with E-state index in [-0.39, 0.29) is 0 Å². The Morgan fingerprint density at radius 1 is 0.418 bits per heavy atom. The maximum absolute atomic E-state index is 6.48. The highest BCUT2D eigenvalue weighted by atomic mass is 16.4. The predicted octanol–water partition coefficient (Wildman–Crippen LogP) is 13.9. The SMILES string of the molecule is c1ccc(-c2nc3cc4c(cc3o2)oc2ccc(N(c3ccc5oc6ccccc6c5c3)c3cccc5c3c3ccccc3n5-c3ccccc3)cc24)cc1. The van der Waals surface area contributed by atoms with Crippen LogP contribution < -0.4 is 4.90 Å². The normalized spacial score (nSPS) is 12.0. The van der Waals surface area contributed by atoms with E-state index in [1.54, 1.807) is 0 Å². The molecule has 6 nitrogen and oxygen atoms in total. The molecule has 0 N–H and O–H groups in total. The quantitative estimate of drug-likeness (QED) is 0.178. The molecule has 0 saturated heterocycles. The first-order valence-corrected chi connectivity index (χ1v) is 18.4. The van der Waals surface area contributed by atoms with Gasteiger partial charge in [0.25, 0.3) is 0 Å². The fourth-order valence-electron chi connectivity index (χ4n) is 8.35. The van der Waals surface area contributed by atoms with Crippen molar-refractivity contribution >= 4 is 93.8 Å². The summed E-state index contributed by atoms with van der Waals surface area (Å²) in [7, 11) is 0. The van der Waals surface area contributed by atoms with Crippen LogP contribution in [0.25, 0.3) is 93.9 Å². The van der Waals surface area contributed by atoms with Gasteiger partial charge in [-0.05, 0) is 91.0 Å². The third-order valence-corrected chi connectivity index (χ3v) is 10.8. The lowest BCUT2D eigenvalue weighted by molar-refractivity contribution is 0.617. The molecule has 0 aliphatic rings. The number of para-hydroxylation sites is 3. The minimum Gasteiger partial charge on any atom is -0.456 e. The van der Waals surface area contributed by atoms with E-state index in [2.05, 4.69) is 137 Å². The number of hydrogen-bond donors (Lipinski definition) is 0. The number of rotatable bonds is 5. The first kappa shape index (κ1) is 29.9. The summed E-state index contributed by atoms with van der Waals surface area (Å²) in [5.74, 6) is 0.587. The molecule has 4 heterocycles. The van der Waals surface area contributed by atoms with Crippen molar-refractivity contribution in [1.82, 2.24) is 9.55 Å². The zero-order valence-electron chi connectivity index (χ0n) is 29.3. The summed E-state index contributed by atoms with van der Waals surface area (Å²) >= 11 is 0. The summed E-state index contributed by atoms with van der Waals surface area (Å²) in [5, 5.41) is 6.46. The van der Waals surface area contributed by atoms with Crippen molar-refractivity contribution in [2.45, 2.75) is 0 Å². The molecule has 0 aliphatic carbocycles. The smallest absolute Gasteiger partial charge is 0.227 e. The molecule has 0 spiro atoms. The topological polar surface area (TPSA) is 60.5 Å².